The van der Waals surface area contributed by atoms with Crippen molar-refractivity contribution in [2.24, 2.45) is 0 Å². The Bertz CT molecular complexity index is 446. The summed E-state index contributed by atoms with van der Waals surface area (Å²) < 4.78 is 5.73. The van der Waals surface area contributed by atoms with Gasteiger partial charge in [-0.05, 0) is 44.4 Å². The van der Waals surface area contributed by atoms with Gasteiger partial charge in [0.15, 0.2) is 0 Å². The van der Waals surface area contributed by atoms with Crippen molar-refractivity contribution in [3.05, 3.63) is 23.8 Å². The normalized spacial score (nSPS) is 10.3. The van der Waals surface area contributed by atoms with Crippen LogP contribution in [0.5, 0.6) is 5.75 Å². The van der Waals surface area contributed by atoms with Crippen LogP contribution in [0.15, 0.2) is 18.2 Å². The van der Waals surface area contributed by atoms with Crippen LogP contribution in [0.3, 0.4) is 0 Å². The molecule has 0 atom stereocenters. The molecule has 0 aliphatic rings. The van der Waals surface area contributed by atoms with Crippen LogP contribution >= 0.6 is 0 Å². The summed E-state index contributed by atoms with van der Waals surface area (Å²) in [6.07, 6.45) is 3.05. The van der Waals surface area contributed by atoms with Gasteiger partial charge in [-0.2, -0.15) is 0 Å². The van der Waals surface area contributed by atoms with Crippen LogP contribution in [0.1, 0.15) is 45.6 Å². The highest BCUT2D eigenvalue weighted by Crippen LogP contribution is 2.26. The molecular weight excluding hydrogens is 264 g/mol. The molecule has 0 radical (unpaired) electrons. The Balaban J connectivity index is 2.77. The number of amides is 2. The van der Waals surface area contributed by atoms with E-state index in [-0.39, 0.29) is 6.03 Å². The number of ether oxygens (including phenoxy) is 1. The Hall–Kier alpha value is -1.71. The number of urea groups is 1. The molecule has 0 bridgehead atoms. The smallest absolute Gasteiger partial charge is 0.321 e. The van der Waals surface area contributed by atoms with Crippen molar-refractivity contribution in [1.82, 2.24) is 4.90 Å². The molecule has 0 heterocycles. The van der Waals surface area contributed by atoms with Gasteiger partial charge >= 0.3 is 6.03 Å². The summed E-state index contributed by atoms with van der Waals surface area (Å²) in [5.74, 6) is 0.747. The topological polar surface area (TPSA) is 41.6 Å². The number of hydrogen-bond acceptors (Lipinski definition) is 2. The highest BCUT2D eigenvalue weighted by Gasteiger charge is 2.13. The highest BCUT2D eigenvalue weighted by atomic mass is 16.5. The quantitative estimate of drug-likeness (QED) is 0.769. The van der Waals surface area contributed by atoms with Crippen LogP contribution in [0.4, 0.5) is 10.5 Å². The standard InChI is InChI=1S/C17H28N2O2/c1-5-8-11-19(7-3)17(20)18-15-10-9-14(4)13-16(15)21-12-6-2/h9-10,13H,5-8,11-12H2,1-4H3,(H,18,20). The van der Waals surface area contributed by atoms with E-state index in [1.54, 1.807) is 0 Å². The number of carbonyl (C=O) groups is 1. The zero-order chi connectivity index (χ0) is 15.7. The van der Waals surface area contributed by atoms with Crippen molar-refractivity contribution < 1.29 is 9.53 Å². The third kappa shape index (κ3) is 5.66. The average molecular weight is 292 g/mol. The Morgan fingerprint density at radius 1 is 1.24 bits per heavy atom. The number of rotatable bonds is 8. The molecule has 0 aromatic heterocycles. The molecule has 21 heavy (non-hydrogen) atoms. The van der Waals surface area contributed by atoms with Gasteiger partial charge in [-0.25, -0.2) is 4.79 Å². The van der Waals surface area contributed by atoms with E-state index < -0.39 is 0 Å². The van der Waals surface area contributed by atoms with Crippen molar-refractivity contribution >= 4 is 11.7 Å². The highest BCUT2D eigenvalue weighted by molar-refractivity contribution is 5.91. The molecule has 0 aliphatic carbocycles. The number of carbonyl (C=O) groups excluding carboxylic acids is 1. The molecule has 0 spiro atoms. The summed E-state index contributed by atoms with van der Waals surface area (Å²) in [4.78, 5) is 14.1. The largest absolute Gasteiger partial charge is 0.491 e. The Morgan fingerprint density at radius 2 is 2.00 bits per heavy atom. The van der Waals surface area contributed by atoms with Crippen LogP contribution in [0.25, 0.3) is 0 Å². The molecule has 1 aromatic rings. The maximum Gasteiger partial charge on any atom is 0.321 e. The van der Waals surface area contributed by atoms with E-state index in [0.29, 0.717) is 13.2 Å². The van der Waals surface area contributed by atoms with Gasteiger partial charge in [0.2, 0.25) is 0 Å². The van der Waals surface area contributed by atoms with Gasteiger partial charge in [-0.3, -0.25) is 0 Å². The van der Waals surface area contributed by atoms with E-state index in [9.17, 15) is 4.79 Å². The van der Waals surface area contributed by atoms with E-state index in [0.717, 1.165) is 42.8 Å². The van der Waals surface area contributed by atoms with E-state index >= 15 is 0 Å². The van der Waals surface area contributed by atoms with Crippen LogP contribution in [-0.2, 0) is 0 Å². The van der Waals surface area contributed by atoms with Crippen molar-refractivity contribution in [3.63, 3.8) is 0 Å². The zero-order valence-electron chi connectivity index (χ0n) is 13.7. The minimum absolute atomic E-state index is 0.0591. The average Bonchev–Trinajstić information content (AvgIpc) is 2.48. The van der Waals surface area contributed by atoms with Crippen molar-refractivity contribution in [2.75, 3.05) is 25.0 Å². The second-order valence-corrected chi connectivity index (χ2v) is 5.21. The zero-order valence-corrected chi connectivity index (χ0v) is 13.7. The predicted octanol–water partition coefficient (Wildman–Crippen LogP) is 4.44. The molecule has 0 aliphatic heterocycles. The Morgan fingerprint density at radius 3 is 2.62 bits per heavy atom. The lowest BCUT2D eigenvalue weighted by molar-refractivity contribution is 0.213. The molecule has 0 saturated heterocycles. The molecular formula is C17H28N2O2. The fourth-order valence-electron chi connectivity index (χ4n) is 2.01. The van der Waals surface area contributed by atoms with E-state index in [2.05, 4.69) is 19.2 Å². The monoisotopic (exact) mass is 292 g/mol. The fourth-order valence-corrected chi connectivity index (χ4v) is 2.01. The second kappa shape index (κ2) is 9.27. The third-order valence-corrected chi connectivity index (χ3v) is 3.29. The summed E-state index contributed by atoms with van der Waals surface area (Å²) >= 11 is 0. The van der Waals surface area contributed by atoms with Crippen LogP contribution in [-0.4, -0.2) is 30.6 Å². The lowest BCUT2D eigenvalue weighted by Crippen LogP contribution is -2.35. The van der Waals surface area contributed by atoms with Gasteiger partial charge in [0, 0.05) is 13.1 Å². The second-order valence-electron chi connectivity index (χ2n) is 5.21. The Labute approximate surface area is 128 Å². The first kappa shape index (κ1) is 17.3. The molecule has 4 heteroatoms. The molecule has 2 amide bonds. The predicted molar refractivity (Wildman–Crippen MR) is 88.1 cm³/mol. The van der Waals surface area contributed by atoms with Crippen LogP contribution in [0.2, 0.25) is 0 Å². The van der Waals surface area contributed by atoms with Gasteiger partial charge in [-0.15, -0.1) is 0 Å². The molecule has 4 nitrogen and oxygen atoms in total. The van der Waals surface area contributed by atoms with E-state index in [1.807, 2.05) is 36.9 Å². The lowest BCUT2D eigenvalue weighted by atomic mass is 10.2. The maximum absolute atomic E-state index is 12.3. The summed E-state index contributed by atoms with van der Waals surface area (Å²) in [6, 6.07) is 5.80. The number of nitrogens with zero attached hydrogens (tertiary/aromatic N) is 1. The van der Waals surface area contributed by atoms with E-state index in [1.165, 1.54) is 0 Å². The minimum Gasteiger partial charge on any atom is -0.491 e. The summed E-state index contributed by atoms with van der Waals surface area (Å²) in [7, 11) is 0. The van der Waals surface area contributed by atoms with Crippen LogP contribution < -0.4 is 10.1 Å². The van der Waals surface area contributed by atoms with E-state index in [4.69, 9.17) is 4.74 Å². The maximum atomic E-state index is 12.3. The number of benzene rings is 1. The summed E-state index contributed by atoms with van der Waals surface area (Å²) in [6.45, 7) is 10.4. The van der Waals surface area contributed by atoms with Crippen molar-refractivity contribution in [1.29, 1.82) is 0 Å². The van der Waals surface area contributed by atoms with Gasteiger partial charge in [0.1, 0.15) is 5.75 Å². The molecule has 0 fully saturated rings. The number of anilines is 1. The molecule has 1 N–H and O–H groups in total. The molecule has 0 saturated carbocycles. The van der Waals surface area contributed by atoms with Gasteiger partial charge in [0.05, 0.1) is 12.3 Å². The first-order valence-electron chi connectivity index (χ1n) is 7.91. The minimum atomic E-state index is -0.0591. The van der Waals surface area contributed by atoms with Gasteiger partial charge in [0.25, 0.3) is 0 Å². The lowest BCUT2D eigenvalue weighted by Gasteiger charge is -2.22. The summed E-state index contributed by atoms with van der Waals surface area (Å²) in [5.41, 5.74) is 1.87. The van der Waals surface area contributed by atoms with Gasteiger partial charge < -0.3 is 15.0 Å². The molecule has 1 rings (SSSR count). The molecule has 1 aromatic carbocycles. The molecule has 0 unspecified atom stereocenters. The first-order valence-corrected chi connectivity index (χ1v) is 7.91. The number of nitrogens with one attached hydrogen (secondary N) is 1. The fraction of sp³-hybridized carbons (Fsp3) is 0.588. The van der Waals surface area contributed by atoms with Crippen molar-refractivity contribution in [2.45, 2.75) is 47.0 Å². The SMILES string of the molecule is CCCCN(CC)C(=O)Nc1ccc(C)cc1OCCC. The number of aryl methyl sites for hydroxylation is 1. The number of hydrogen-bond donors (Lipinski definition) is 1. The van der Waals surface area contributed by atoms with Crippen LogP contribution in [0, 0.1) is 6.92 Å². The Kier molecular flexibility index (Phi) is 7.65. The number of unbranched alkanes of at least 4 members (excludes halogenated alkanes) is 1. The van der Waals surface area contributed by atoms with Gasteiger partial charge in [-0.1, -0.05) is 26.3 Å². The summed E-state index contributed by atoms with van der Waals surface area (Å²) in [5, 5.41) is 2.97. The first-order chi connectivity index (χ1) is 10.1. The van der Waals surface area contributed by atoms with Crippen molar-refractivity contribution in [3.8, 4) is 5.75 Å². The third-order valence-electron chi connectivity index (χ3n) is 3.29. The molecule has 118 valence electrons.